The molecule has 2 heterocycles. The summed E-state index contributed by atoms with van der Waals surface area (Å²) in [6, 6.07) is 3.80. The number of carboxylic acids is 1. The highest BCUT2D eigenvalue weighted by atomic mass is 16.4. The molecule has 112 valence electrons. The van der Waals surface area contributed by atoms with Crippen molar-refractivity contribution in [2.75, 3.05) is 13.1 Å². The predicted molar refractivity (Wildman–Crippen MR) is 76.7 cm³/mol. The summed E-state index contributed by atoms with van der Waals surface area (Å²) in [5.74, 6) is -0.608. The number of carboxylic acid groups (broad SMARTS) is 1. The Hall–Kier alpha value is -1.91. The van der Waals surface area contributed by atoms with E-state index in [4.69, 9.17) is 0 Å². The number of nitrogens with zero attached hydrogens (tertiary/aromatic N) is 2. The third-order valence-corrected chi connectivity index (χ3v) is 4.98. The van der Waals surface area contributed by atoms with Crippen molar-refractivity contribution in [3.8, 4) is 0 Å². The minimum Gasteiger partial charge on any atom is -0.481 e. The first kappa shape index (κ1) is 14.0. The summed E-state index contributed by atoms with van der Waals surface area (Å²) in [6.45, 7) is 2.86. The molecule has 2 aliphatic rings. The molecule has 0 spiro atoms. The first-order valence-corrected chi connectivity index (χ1v) is 7.44. The number of carbonyl (C=O) groups excluding carboxylic acids is 1. The lowest BCUT2D eigenvalue weighted by Gasteiger charge is -2.23. The van der Waals surface area contributed by atoms with Gasteiger partial charge in [0.05, 0.1) is 11.8 Å². The molecule has 1 saturated heterocycles. The Morgan fingerprint density at radius 2 is 2.29 bits per heavy atom. The van der Waals surface area contributed by atoms with Crippen molar-refractivity contribution >= 4 is 11.9 Å². The van der Waals surface area contributed by atoms with Gasteiger partial charge in [0, 0.05) is 25.0 Å². The van der Waals surface area contributed by atoms with Gasteiger partial charge in [-0.1, -0.05) is 12.5 Å². The summed E-state index contributed by atoms with van der Waals surface area (Å²) in [5.41, 5.74) is 1.11. The molecule has 1 aliphatic carbocycles. The van der Waals surface area contributed by atoms with Crippen molar-refractivity contribution in [1.29, 1.82) is 0 Å². The minimum absolute atomic E-state index is 0.00989. The van der Waals surface area contributed by atoms with Gasteiger partial charge < -0.3 is 10.0 Å². The maximum absolute atomic E-state index is 12.4. The number of hydrogen-bond donors (Lipinski definition) is 1. The van der Waals surface area contributed by atoms with E-state index in [2.05, 4.69) is 4.98 Å². The van der Waals surface area contributed by atoms with E-state index in [0.29, 0.717) is 25.9 Å². The van der Waals surface area contributed by atoms with Gasteiger partial charge in [0.15, 0.2) is 0 Å². The average Bonchev–Trinajstić information content (AvgIpc) is 2.99. The van der Waals surface area contributed by atoms with Gasteiger partial charge in [-0.3, -0.25) is 14.6 Å². The Kier molecular flexibility index (Phi) is 3.43. The van der Waals surface area contributed by atoms with E-state index in [-0.39, 0.29) is 11.8 Å². The molecule has 5 nitrogen and oxygen atoms in total. The molecule has 5 heteroatoms. The van der Waals surface area contributed by atoms with Crippen LogP contribution in [0.3, 0.4) is 0 Å². The highest BCUT2D eigenvalue weighted by Gasteiger charge is 2.55. The molecular weight excluding hydrogens is 268 g/mol. The fraction of sp³-hybridized carbons (Fsp3) is 0.562. The molecule has 2 fully saturated rings. The first-order valence-electron chi connectivity index (χ1n) is 7.44. The Balaban J connectivity index is 1.70. The molecule has 1 aromatic heterocycles. The second-order valence-corrected chi connectivity index (χ2v) is 6.31. The molecule has 1 aromatic rings. The van der Waals surface area contributed by atoms with Gasteiger partial charge in [0.1, 0.15) is 0 Å². The van der Waals surface area contributed by atoms with Gasteiger partial charge in [0.25, 0.3) is 0 Å². The molecule has 2 atom stereocenters. The van der Waals surface area contributed by atoms with E-state index in [9.17, 15) is 14.7 Å². The molecule has 0 radical (unpaired) electrons. The minimum atomic E-state index is -0.739. The van der Waals surface area contributed by atoms with E-state index in [1.165, 1.54) is 0 Å². The molecule has 0 aromatic carbocycles. The molecule has 21 heavy (non-hydrogen) atoms. The predicted octanol–water partition coefficient (Wildman–Crippen LogP) is 1.65. The number of aliphatic carboxylic acids is 1. The van der Waals surface area contributed by atoms with Crippen LogP contribution in [0.25, 0.3) is 0 Å². The molecule has 1 N–H and O–H groups in total. The highest BCUT2D eigenvalue weighted by Crippen LogP contribution is 2.48. The van der Waals surface area contributed by atoms with Crippen molar-refractivity contribution in [2.45, 2.75) is 32.6 Å². The maximum Gasteiger partial charge on any atom is 0.311 e. The molecule has 1 saturated carbocycles. The van der Waals surface area contributed by atoms with Crippen LogP contribution in [0.4, 0.5) is 0 Å². The Morgan fingerprint density at radius 3 is 2.90 bits per heavy atom. The van der Waals surface area contributed by atoms with Gasteiger partial charge in [-0.25, -0.2) is 0 Å². The van der Waals surface area contributed by atoms with Crippen molar-refractivity contribution in [2.24, 2.45) is 11.3 Å². The smallest absolute Gasteiger partial charge is 0.311 e. The number of amides is 1. The second kappa shape index (κ2) is 5.13. The SMILES string of the molecule is Cc1ccc(CC(=O)N2C[C@@H]3CCC[C@@]3(C(=O)O)C2)cn1. The zero-order chi connectivity index (χ0) is 15.0. The second-order valence-electron chi connectivity index (χ2n) is 6.31. The van der Waals surface area contributed by atoms with Crippen LogP contribution < -0.4 is 0 Å². The molecule has 0 unspecified atom stereocenters. The Labute approximate surface area is 124 Å². The van der Waals surface area contributed by atoms with Crippen LogP contribution in [-0.2, 0) is 16.0 Å². The summed E-state index contributed by atoms with van der Waals surface area (Å²) in [5, 5.41) is 9.55. The van der Waals surface area contributed by atoms with Crippen molar-refractivity contribution in [1.82, 2.24) is 9.88 Å². The fourth-order valence-electron chi connectivity index (χ4n) is 3.72. The molecule has 3 rings (SSSR count). The van der Waals surface area contributed by atoms with Crippen molar-refractivity contribution < 1.29 is 14.7 Å². The highest BCUT2D eigenvalue weighted by molar-refractivity contribution is 5.82. The summed E-state index contributed by atoms with van der Waals surface area (Å²) in [6.07, 6.45) is 4.60. The van der Waals surface area contributed by atoms with Gasteiger partial charge in [-0.2, -0.15) is 0 Å². The summed E-state index contributed by atoms with van der Waals surface area (Å²) in [4.78, 5) is 29.9. The third-order valence-electron chi connectivity index (χ3n) is 4.98. The van der Waals surface area contributed by atoms with Gasteiger partial charge in [-0.05, 0) is 37.3 Å². The number of fused-ring (bicyclic) bond motifs is 1. The number of aryl methyl sites for hydroxylation is 1. The largest absolute Gasteiger partial charge is 0.481 e. The number of aromatic nitrogens is 1. The van der Waals surface area contributed by atoms with Crippen molar-refractivity contribution in [3.63, 3.8) is 0 Å². The summed E-state index contributed by atoms with van der Waals surface area (Å²) in [7, 11) is 0. The van der Waals surface area contributed by atoms with Crippen molar-refractivity contribution in [3.05, 3.63) is 29.6 Å². The van der Waals surface area contributed by atoms with Crippen LogP contribution in [0.15, 0.2) is 18.3 Å². The molecular formula is C16H20N2O3. The number of carbonyl (C=O) groups is 2. The molecule has 1 amide bonds. The summed E-state index contributed by atoms with van der Waals surface area (Å²) < 4.78 is 0. The lowest BCUT2D eigenvalue weighted by molar-refractivity contribution is -0.149. The standard InChI is InChI=1S/C16H20N2O3/c1-11-4-5-12(8-17-11)7-14(19)18-9-13-3-2-6-16(13,10-18)15(20)21/h4-5,8,13H,2-3,6-7,9-10H2,1H3,(H,20,21)/t13-,16+/m0/s1. The van der Waals surface area contributed by atoms with Crippen LogP contribution in [0.1, 0.15) is 30.5 Å². The lowest BCUT2D eigenvalue weighted by atomic mass is 9.81. The maximum atomic E-state index is 12.4. The van der Waals surface area contributed by atoms with E-state index >= 15 is 0 Å². The van der Waals surface area contributed by atoms with E-state index in [1.54, 1.807) is 11.1 Å². The van der Waals surface area contributed by atoms with E-state index < -0.39 is 11.4 Å². The molecule has 0 bridgehead atoms. The molecule has 1 aliphatic heterocycles. The number of rotatable bonds is 3. The van der Waals surface area contributed by atoms with E-state index in [1.807, 2.05) is 19.1 Å². The zero-order valence-corrected chi connectivity index (χ0v) is 12.2. The van der Waals surface area contributed by atoms with Gasteiger partial charge in [-0.15, -0.1) is 0 Å². The number of likely N-dealkylation sites (tertiary alicyclic amines) is 1. The number of pyridine rings is 1. The van der Waals surface area contributed by atoms with Crippen LogP contribution in [0, 0.1) is 18.3 Å². The van der Waals surface area contributed by atoms with Crippen LogP contribution in [0.5, 0.6) is 0 Å². The van der Waals surface area contributed by atoms with E-state index in [0.717, 1.165) is 24.1 Å². The van der Waals surface area contributed by atoms with Gasteiger partial charge in [0.2, 0.25) is 5.91 Å². The lowest BCUT2D eigenvalue weighted by Crippen LogP contribution is -2.37. The average molecular weight is 288 g/mol. The monoisotopic (exact) mass is 288 g/mol. The van der Waals surface area contributed by atoms with Crippen LogP contribution >= 0.6 is 0 Å². The van der Waals surface area contributed by atoms with Crippen LogP contribution in [-0.4, -0.2) is 40.0 Å². The Bertz CT molecular complexity index is 569. The Morgan fingerprint density at radius 1 is 1.48 bits per heavy atom. The number of hydrogen-bond acceptors (Lipinski definition) is 3. The quantitative estimate of drug-likeness (QED) is 0.918. The normalized spacial score (nSPS) is 27.7. The van der Waals surface area contributed by atoms with Gasteiger partial charge >= 0.3 is 5.97 Å². The fourth-order valence-corrected chi connectivity index (χ4v) is 3.72. The third kappa shape index (κ3) is 2.41. The van der Waals surface area contributed by atoms with Crippen LogP contribution in [0.2, 0.25) is 0 Å². The topological polar surface area (TPSA) is 70.5 Å². The zero-order valence-electron chi connectivity index (χ0n) is 12.2. The first-order chi connectivity index (χ1) is 10.0. The summed E-state index contributed by atoms with van der Waals surface area (Å²) >= 11 is 0.